The molecule has 1 amide bonds. The standard InChI is InChI=1S/C25H26BrN3O4S2/c1-17(2)16-33-23-14-9-18(15-22(23)26)24(30)28-25(34)27-19-10-12-21(13-11-19)35(31,32)29(3)20-7-5-4-6-8-20/h4-15,17H,16H2,1-3H3,(H2,27,28,30,34). The molecule has 0 aliphatic heterocycles. The monoisotopic (exact) mass is 575 g/mol. The zero-order valence-corrected chi connectivity index (χ0v) is 22.7. The summed E-state index contributed by atoms with van der Waals surface area (Å²) in [6.07, 6.45) is 0. The molecule has 35 heavy (non-hydrogen) atoms. The highest BCUT2D eigenvalue weighted by atomic mass is 79.9. The summed E-state index contributed by atoms with van der Waals surface area (Å²) in [5.74, 6) is 0.651. The van der Waals surface area contributed by atoms with E-state index in [4.69, 9.17) is 17.0 Å². The Morgan fingerprint density at radius 1 is 1.06 bits per heavy atom. The second kappa shape index (κ2) is 11.7. The fourth-order valence-corrected chi connectivity index (χ4v) is 4.90. The van der Waals surface area contributed by atoms with Crippen molar-refractivity contribution in [2.75, 3.05) is 23.3 Å². The number of carbonyl (C=O) groups excluding carboxylic acids is 1. The zero-order valence-electron chi connectivity index (χ0n) is 19.5. The first kappa shape index (κ1) is 26.7. The van der Waals surface area contributed by atoms with Gasteiger partial charge in [-0.3, -0.25) is 14.4 Å². The molecular formula is C25H26BrN3O4S2. The van der Waals surface area contributed by atoms with Crippen molar-refractivity contribution in [1.82, 2.24) is 5.32 Å². The summed E-state index contributed by atoms with van der Waals surface area (Å²) < 4.78 is 33.4. The van der Waals surface area contributed by atoms with Crippen molar-refractivity contribution in [3.05, 3.63) is 82.8 Å². The summed E-state index contributed by atoms with van der Waals surface area (Å²) in [6, 6.07) is 20.0. The van der Waals surface area contributed by atoms with Crippen LogP contribution in [0.15, 0.2) is 82.2 Å². The molecule has 0 radical (unpaired) electrons. The van der Waals surface area contributed by atoms with Crippen molar-refractivity contribution in [2.24, 2.45) is 5.92 Å². The number of rotatable bonds is 8. The van der Waals surface area contributed by atoms with Gasteiger partial charge >= 0.3 is 0 Å². The van der Waals surface area contributed by atoms with Crippen molar-refractivity contribution >= 4 is 60.6 Å². The number of sulfonamides is 1. The first-order chi connectivity index (χ1) is 16.6. The van der Waals surface area contributed by atoms with Crippen molar-refractivity contribution in [1.29, 1.82) is 0 Å². The maximum absolute atomic E-state index is 12.9. The average molecular weight is 577 g/mol. The molecule has 0 aromatic heterocycles. The van der Waals surface area contributed by atoms with Crippen molar-refractivity contribution < 1.29 is 17.9 Å². The van der Waals surface area contributed by atoms with Gasteiger partial charge in [-0.05, 0) is 88.7 Å². The number of nitrogens with zero attached hydrogens (tertiary/aromatic N) is 1. The summed E-state index contributed by atoms with van der Waals surface area (Å²) >= 11 is 8.67. The lowest BCUT2D eigenvalue weighted by atomic mass is 10.2. The van der Waals surface area contributed by atoms with E-state index in [2.05, 4.69) is 40.4 Å². The first-order valence-electron chi connectivity index (χ1n) is 10.8. The van der Waals surface area contributed by atoms with Crippen LogP contribution in [-0.2, 0) is 10.0 Å². The lowest BCUT2D eigenvalue weighted by Crippen LogP contribution is -2.34. The van der Waals surface area contributed by atoms with Crippen LogP contribution in [0, 0.1) is 5.92 Å². The van der Waals surface area contributed by atoms with Crippen LogP contribution in [0.3, 0.4) is 0 Å². The van der Waals surface area contributed by atoms with E-state index in [0.29, 0.717) is 39.7 Å². The van der Waals surface area contributed by atoms with E-state index in [1.54, 1.807) is 54.6 Å². The maximum Gasteiger partial charge on any atom is 0.264 e. The highest BCUT2D eigenvalue weighted by molar-refractivity contribution is 9.10. The SMILES string of the molecule is CC(C)COc1ccc(C(=O)NC(=S)Nc2ccc(S(=O)(=O)N(C)c3ccccc3)cc2)cc1Br. The second-order valence-electron chi connectivity index (χ2n) is 8.09. The number of hydrogen-bond donors (Lipinski definition) is 2. The summed E-state index contributed by atoms with van der Waals surface area (Å²) in [6.45, 7) is 4.68. The molecule has 2 N–H and O–H groups in total. The Morgan fingerprint density at radius 3 is 2.31 bits per heavy atom. The minimum atomic E-state index is -3.72. The quantitative estimate of drug-likeness (QED) is 0.348. The predicted octanol–water partition coefficient (Wildman–Crippen LogP) is 5.44. The van der Waals surface area contributed by atoms with E-state index in [9.17, 15) is 13.2 Å². The molecule has 0 unspecified atom stereocenters. The summed E-state index contributed by atoms with van der Waals surface area (Å²) in [5, 5.41) is 5.60. The van der Waals surface area contributed by atoms with Crippen molar-refractivity contribution in [3.8, 4) is 5.75 Å². The van der Waals surface area contributed by atoms with Crippen LogP contribution in [-0.4, -0.2) is 33.1 Å². The Bertz CT molecular complexity index is 1300. The summed E-state index contributed by atoms with van der Waals surface area (Å²) in [5.41, 5.74) is 1.50. The summed E-state index contributed by atoms with van der Waals surface area (Å²) in [7, 11) is -2.22. The number of amides is 1. The van der Waals surface area contributed by atoms with Gasteiger partial charge in [0.05, 0.1) is 21.7 Å². The number of nitrogens with one attached hydrogen (secondary N) is 2. The highest BCUT2D eigenvalue weighted by Crippen LogP contribution is 2.27. The molecular weight excluding hydrogens is 550 g/mol. The topological polar surface area (TPSA) is 87.7 Å². The molecule has 7 nitrogen and oxygen atoms in total. The van der Waals surface area contributed by atoms with E-state index in [0.717, 1.165) is 0 Å². The van der Waals surface area contributed by atoms with Gasteiger partial charge < -0.3 is 10.1 Å². The van der Waals surface area contributed by atoms with Gasteiger partial charge in [0.1, 0.15) is 5.75 Å². The Balaban J connectivity index is 1.61. The number of anilines is 2. The smallest absolute Gasteiger partial charge is 0.264 e. The normalized spacial score (nSPS) is 11.1. The lowest BCUT2D eigenvalue weighted by Gasteiger charge is -2.19. The number of para-hydroxylation sites is 1. The van der Waals surface area contributed by atoms with Crippen LogP contribution < -0.4 is 19.7 Å². The van der Waals surface area contributed by atoms with Gasteiger partial charge in [0, 0.05) is 18.3 Å². The third kappa shape index (κ3) is 7.03. The minimum Gasteiger partial charge on any atom is -0.492 e. The van der Waals surface area contributed by atoms with Crippen LogP contribution in [0.25, 0.3) is 0 Å². The third-order valence-electron chi connectivity index (χ3n) is 4.88. The number of thiocarbonyl (C=S) groups is 1. The van der Waals surface area contributed by atoms with E-state index >= 15 is 0 Å². The Labute approximate surface area is 219 Å². The van der Waals surface area contributed by atoms with Gasteiger partial charge in [0.25, 0.3) is 15.9 Å². The van der Waals surface area contributed by atoms with Gasteiger partial charge in [0.15, 0.2) is 5.11 Å². The molecule has 0 bridgehead atoms. The predicted molar refractivity (Wildman–Crippen MR) is 147 cm³/mol. The van der Waals surface area contributed by atoms with Crippen LogP contribution in [0.1, 0.15) is 24.2 Å². The fourth-order valence-electron chi connectivity index (χ4n) is 3.00. The van der Waals surface area contributed by atoms with E-state index in [1.165, 1.54) is 23.5 Å². The molecule has 10 heteroatoms. The molecule has 0 aliphatic rings. The lowest BCUT2D eigenvalue weighted by molar-refractivity contribution is 0.0977. The largest absolute Gasteiger partial charge is 0.492 e. The Morgan fingerprint density at radius 2 is 1.71 bits per heavy atom. The highest BCUT2D eigenvalue weighted by Gasteiger charge is 2.21. The average Bonchev–Trinajstić information content (AvgIpc) is 2.83. The van der Waals surface area contributed by atoms with Crippen LogP contribution >= 0.6 is 28.1 Å². The molecule has 0 atom stereocenters. The number of ether oxygens (including phenoxy) is 1. The van der Waals surface area contributed by atoms with Crippen molar-refractivity contribution in [3.63, 3.8) is 0 Å². The number of halogens is 1. The van der Waals surface area contributed by atoms with E-state index in [-0.39, 0.29) is 15.9 Å². The van der Waals surface area contributed by atoms with Crippen LogP contribution in [0.5, 0.6) is 5.75 Å². The molecule has 0 spiro atoms. The molecule has 0 saturated heterocycles. The second-order valence-corrected chi connectivity index (χ2v) is 11.3. The molecule has 0 fully saturated rings. The molecule has 0 saturated carbocycles. The zero-order chi connectivity index (χ0) is 25.6. The van der Waals surface area contributed by atoms with E-state index < -0.39 is 10.0 Å². The van der Waals surface area contributed by atoms with Gasteiger partial charge in [-0.15, -0.1) is 0 Å². The van der Waals surface area contributed by atoms with Crippen LogP contribution in [0.2, 0.25) is 0 Å². The minimum absolute atomic E-state index is 0.0864. The molecule has 0 heterocycles. The molecule has 3 aromatic rings. The van der Waals surface area contributed by atoms with E-state index in [1.807, 2.05) is 6.07 Å². The molecule has 3 rings (SSSR count). The number of hydrogen-bond acceptors (Lipinski definition) is 5. The fraction of sp³-hybridized carbons (Fsp3) is 0.200. The Hall–Kier alpha value is -2.95. The molecule has 0 aliphatic carbocycles. The number of benzene rings is 3. The molecule has 3 aromatic carbocycles. The third-order valence-corrected chi connectivity index (χ3v) is 7.51. The van der Waals surface area contributed by atoms with Gasteiger partial charge in [-0.2, -0.15) is 0 Å². The number of carbonyl (C=O) groups is 1. The van der Waals surface area contributed by atoms with Gasteiger partial charge in [-0.1, -0.05) is 32.0 Å². The first-order valence-corrected chi connectivity index (χ1v) is 13.4. The van der Waals surface area contributed by atoms with Crippen LogP contribution in [0.4, 0.5) is 11.4 Å². The van der Waals surface area contributed by atoms with Gasteiger partial charge in [-0.25, -0.2) is 8.42 Å². The molecule has 184 valence electrons. The Kier molecular flexibility index (Phi) is 8.87. The van der Waals surface area contributed by atoms with Gasteiger partial charge in [0.2, 0.25) is 0 Å². The summed E-state index contributed by atoms with van der Waals surface area (Å²) in [4.78, 5) is 12.7. The maximum atomic E-state index is 12.9. The van der Waals surface area contributed by atoms with Crippen molar-refractivity contribution in [2.45, 2.75) is 18.7 Å².